The molecule has 1 unspecified atom stereocenters. The van der Waals surface area contributed by atoms with Gasteiger partial charge in [-0.3, -0.25) is 14.6 Å². The van der Waals surface area contributed by atoms with Gasteiger partial charge < -0.3 is 19.1 Å². The first-order valence-corrected chi connectivity index (χ1v) is 14.9. The summed E-state index contributed by atoms with van der Waals surface area (Å²) < 4.78 is 31.8. The van der Waals surface area contributed by atoms with E-state index in [1.807, 2.05) is 13.8 Å². The highest BCUT2D eigenvalue weighted by Crippen LogP contribution is 2.33. The van der Waals surface area contributed by atoms with Gasteiger partial charge in [0.2, 0.25) is 5.91 Å². The zero-order valence-electron chi connectivity index (χ0n) is 24.8. The van der Waals surface area contributed by atoms with Gasteiger partial charge in [-0.25, -0.2) is 13.8 Å². The average molecular weight is 615 g/mol. The third-order valence-electron chi connectivity index (χ3n) is 7.63. The van der Waals surface area contributed by atoms with Crippen molar-refractivity contribution in [1.29, 1.82) is 0 Å². The maximum Gasteiger partial charge on any atom is 0.330 e. The van der Waals surface area contributed by atoms with Gasteiger partial charge in [-0.2, -0.15) is 10.2 Å². The Morgan fingerprint density at radius 1 is 1.19 bits per heavy atom. The number of methoxy groups -OCH3 is 2. The van der Waals surface area contributed by atoms with Gasteiger partial charge in [0.25, 0.3) is 5.56 Å². The number of nitrogens with one attached hydrogen (secondary N) is 1. The number of ether oxygens (including phenoxy) is 3. The van der Waals surface area contributed by atoms with Gasteiger partial charge in [-0.05, 0) is 51.8 Å². The molecule has 14 heteroatoms. The number of thiophene rings is 1. The molecule has 0 saturated carbocycles. The average Bonchev–Trinajstić information content (AvgIpc) is 3.57. The van der Waals surface area contributed by atoms with E-state index in [-0.39, 0.29) is 25.0 Å². The molecule has 230 valence electrons. The lowest BCUT2D eigenvalue weighted by Crippen LogP contribution is -2.50. The van der Waals surface area contributed by atoms with E-state index in [1.54, 1.807) is 31.2 Å². The fourth-order valence-electron chi connectivity index (χ4n) is 5.49. The first kappa shape index (κ1) is 30.6. The minimum atomic E-state index is -0.858. The summed E-state index contributed by atoms with van der Waals surface area (Å²) in [6.45, 7) is 6.81. The lowest BCUT2D eigenvalue weighted by atomic mass is 10.0. The van der Waals surface area contributed by atoms with Gasteiger partial charge in [0.15, 0.2) is 0 Å². The first-order valence-electron chi connectivity index (χ1n) is 14.1. The predicted molar refractivity (Wildman–Crippen MR) is 159 cm³/mol. The summed E-state index contributed by atoms with van der Waals surface area (Å²) in [6, 6.07) is 3.34. The smallest absolute Gasteiger partial charge is 0.330 e. The minimum absolute atomic E-state index is 0.0321. The second-order valence-corrected chi connectivity index (χ2v) is 11.7. The number of nitrogens with zero attached hydrogens (tertiary/aromatic N) is 5. The van der Waals surface area contributed by atoms with Crippen LogP contribution >= 0.6 is 11.3 Å². The fraction of sp³-hybridized carbons (Fsp3) is 0.483. The highest BCUT2D eigenvalue weighted by Gasteiger charge is 2.34. The van der Waals surface area contributed by atoms with E-state index in [9.17, 15) is 18.8 Å². The molecular formula is C29H35FN6O6S. The van der Waals surface area contributed by atoms with Crippen molar-refractivity contribution in [2.24, 2.45) is 0 Å². The van der Waals surface area contributed by atoms with Crippen LogP contribution in [0.1, 0.15) is 55.7 Å². The minimum Gasteiger partial charge on any atom is -0.496 e. The molecule has 1 saturated heterocycles. The number of likely N-dealkylation sites (tertiary alicyclic amines) is 1. The van der Waals surface area contributed by atoms with Gasteiger partial charge in [-0.1, -0.05) is 11.3 Å². The topological polar surface area (TPSA) is 134 Å². The maximum absolute atomic E-state index is 14.2. The number of rotatable bonds is 11. The summed E-state index contributed by atoms with van der Waals surface area (Å²) in [5.41, 5.74) is 0.528. The predicted octanol–water partition coefficient (Wildman–Crippen LogP) is 3.31. The molecule has 12 nitrogen and oxygen atoms in total. The molecule has 1 aliphatic rings. The Labute approximate surface area is 251 Å². The molecule has 1 N–H and O–H groups in total. The van der Waals surface area contributed by atoms with Gasteiger partial charge in [0.05, 0.1) is 43.7 Å². The number of carbonyl (C=O) groups excluding carboxylic acids is 1. The molecule has 0 spiro atoms. The zero-order valence-corrected chi connectivity index (χ0v) is 25.6. The van der Waals surface area contributed by atoms with Crippen LogP contribution in [0.15, 0.2) is 34.0 Å². The van der Waals surface area contributed by atoms with Crippen LogP contribution in [0.2, 0.25) is 0 Å². The number of amides is 1. The van der Waals surface area contributed by atoms with Crippen LogP contribution in [-0.4, -0.2) is 75.4 Å². The first-order chi connectivity index (χ1) is 20.6. The van der Waals surface area contributed by atoms with Crippen LogP contribution in [0.5, 0.6) is 5.75 Å². The van der Waals surface area contributed by atoms with Gasteiger partial charge >= 0.3 is 5.69 Å². The van der Waals surface area contributed by atoms with Gasteiger partial charge in [0, 0.05) is 37.2 Å². The number of halogens is 1. The number of benzene rings is 1. The molecule has 4 aromatic rings. The number of piperidine rings is 1. The van der Waals surface area contributed by atoms with Crippen molar-refractivity contribution in [2.45, 2.75) is 58.2 Å². The Morgan fingerprint density at radius 3 is 2.70 bits per heavy atom. The van der Waals surface area contributed by atoms with Crippen LogP contribution in [0, 0.1) is 12.7 Å². The Balaban J connectivity index is 1.48. The maximum atomic E-state index is 14.2. The molecule has 3 aromatic heterocycles. The van der Waals surface area contributed by atoms with E-state index in [4.69, 9.17) is 14.2 Å². The second kappa shape index (κ2) is 12.8. The zero-order chi connectivity index (χ0) is 30.8. The van der Waals surface area contributed by atoms with E-state index in [2.05, 4.69) is 15.2 Å². The number of fused-ring (bicyclic) bond motifs is 1. The van der Waals surface area contributed by atoms with Crippen molar-refractivity contribution in [3.05, 3.63) is 67.9 Å². The van der Waals surface area contributed by atoms with Crippen molar-refractivity contribution in [3.8, 4) is 10.8 Å². The van der Waals surface area contributed by atoms with E-state index in [0.717, 1.165) is 4.57 Å². The Bertz CT molecular complexity index is 1740. The summed E-state index contributed by atoms with van der Waals surface area (Å²) in [5.74, 6) is -0.172. The fourth-order valence-corrected chi connectivity index (χ4v) is 6.59. The van der Waals surface area contributed by atoms with Crippen LogP contribution in [0.3, 0.4) is 0 Å². The number of aromatic nitrogens is 5. The molecule has 1 amide bonds. The van der Waals surface area contributed by atoms with Crippen LogP contribution in [-0.2, 0) is 20.7 Å². The molecule has 0 bridgehead atoms. The van der Waals surface area contributed by atoms with Crippen LogP contribution in [0.4, 0.5) is 4.39 Å². The molecule has 1 aromatic carbocycles. The molecule has 0 aliphatic carbocycles. The highest BCUT2D eigenvalue weighted by molar-refractivity contribution is 7.21. The standard InChI is InChI=1S/C29H35FN6O6S/c1-16(2)34-10-6-7-21(26(34)37)35-27(38)24-17(3)28(43-25(24)32-29(35)39)36-31-15-19(33-36)14-23(42-12-11-40-4)20-13-18(30)8-9-22(20)41-5/h8-9,13,15-16,21,23H,6-7,10-12,14H2,1-5H3,(H,32,39)/t21?,23-/m1/s1. The van der Waals surface area contributed by atoms with Gasteiger partial charge in [-0.15, -0.1) is 4.80 Å². The number of H-pyrrole nitrogens is 1. The summed E-state index contributed by atoms with van der Waals surface area (Å²) in [4.78, 5) is 46.3. The van der Waals surface area contributed by atoms with Crippen molar-refractivity contribution < 1.29 is 23.4 Å². The number of carbonyl (C=O) groups is 1. The van der Waals surface area contributed by atoms with E-state index in [0.29, 0.717) is 63.8 Å². The molecule has 43 heavy (non-hydrogen) atoms. The Hall–Kier alpha value is -3.88. The van der Waals surface area contributed by atoms with E-state index in [1.165, 1.54) is 35.4 Å². The molecule has 1 aliphatic heterocycles. The molecule has 4 heterocycles. The molecule has 5 rings (SSSR count). The summed E-state index contributed by atoms with van der Waals surface area (Å²) in [5, 5.41) is 9.91. The Morgan fingerprint density at radius 2 is 1.98 bits per heavy atom. The lowest BCUT2D eigenvalue weighted by Gasteiger charge is -2.35. The Kier molecular flexibility index (Phi) is 9.08. The van der Waals surface area contributed by atoms with E-state index >= 15 is 0 Å². The van der Waals surface area contributed by atoms with Crippen molar-refractivity contribution >= 4 is 27.5 Å². The summed E-state index contributed by atoms with van der Waals surface area (Å²) in [6.07, 6.45) is 2.35. The third kappa shape index (κ3) is 5.99. The van der Waals surface area contributed by atoms with Crippen molar-refractivity contribution in [3.63, 3.8) is 0 Å². The molecular weight excluding hydrogens is 579 g/mol. The van der Waals surface area contributed by atoms with Crippen molar-refractivity contribution in [1.82, 2.24) is 29.4 Å². The summed E-state index contributed by atoms with van der Waals surface area (Å²) in [7, 11) is 3.07. The number of hydrogen-bond donors (Lipinski definition) is 1. The van der Waals surface area contributed by atoms with Crippen LogP contribution < -0.4 is 16.0 Å². The lowest BCUT2D eigenvalue weighted by molar-refractivity contribution is -0.139. The second-order valence-electron chi connectivity index (χ2n) is 10.7. The third-order valence-corrected chi connectivity index (χ3v) is 8.81. The van der Waals surface area contributed by atoms with Crippen LogP contribution in [0.25, 0.3) is 15.2 Å². The number of aryl methyl sites for hydroxylation is 1. The SMILES string of the molecule is COCCO[C@H](Cc1cnn(-c2sc3[nH]c(=O)n(C4CCCN(C(C)C)C4=O)c(=O)c3c2C)n1)c1cc(F)ccc1OC. The largest absolute Gasteiger partial charge is 0.496 e. The molecule has 2 atom stereocenters. The molecule has 1 fully saturated rings. The number of aromatic amines is 1. The molecule has 0 radical (unpaired) electrons. The number of hydrogen-bond acceptors (Lipinski definition) is 9. The quantitative estimate of drug-likeness (QED) is 0.255. The van der Waals surface area contributed by atoms with Gasteiger partial charge in [0.1, 0.15) is 27.4 Å². The summed E-state index contributed by atoms with van der Waals surface area (Å²) >= 11 is 1.18. The highest BCUT2D eigenvalue weighted by atomic mass is 32.1. The monoisotopic (exact) mass is 614 g/mol. The van der Waals surface area contributed by atoms with E-state index < -0.39 is 29.2 Å². The normalized spacial score (nSPS) is 16.4. The van der Waals surface area contributed by atoms with Crippen molar-refractivity contribution in [2.75, 3.05) is 34.0 Å².